The van der Waals surface area contributed by atoms with Crippen LogP contribution in [0.2, 0.25) is 0 Å². The molecule has 0 bridgehead atoms. The summed E-state index contributed by atoms with van der Waals surface area (Å²) >= 11 is 1.58. The van der Waals surface area contributed by atoms with Crippen LogP contribution in [0.25, 0.3) is 10.9 Å². The largest absolute Gasteiger partial charge is 0.481 e. The molecular formula is C12H12N2O2S. The zero-order valence-electron chi connectivity index (χ0n) is 9.17. The maximum absolute atomic E-state index is 10.4. The predicted molar refractivity (Wildman–Crippen MR) is 67.1 cm³/mol. The van der Waals surface area contributed by atoms with Gasteiger partial charge in [0.25, 0.3) is 0 Å². The Balaban J connectivity index is 2.05. The molecule has 0 spiro atoms. The Bertz CT molecular complexity index is 525. The number of hydrogen-bond acceptors (Lipinski definition) is 4. The van der Waals surface area contributed by atoms with Gasteiger partial charge in [0.2, 0.25) is 0 Å². The van der Waals surface area contributed by atoms with Gasteiger partial charge < -0.3 is 5.11 Å². The molecule has 88 valence electrons. The van der Waals surface area contributed by atoms with E-state index in [1.165, 1.54) is 0 Å². The highest BCUT2D eigenvalue weighted by Gasteiger charge is 2.04. The zero-order chi connectivity index (χ0) is 12.1. The summed E-state index contributed by atoms with van der Waals surface area (Å²) in [5, 5.41) is 10.5. The number of carboxylic acids is 1. The molecule has 1 N–H and O–H groups in total. The maximum Gasteiger partial charge on any atom is 0.303 e. The fraction of sp³-hybridized carbons (Fsp3) is 0.250. The number of thioether (sulfide) groups is 1. The third-order valence-electron chi connectivity index (χ3n) is 2.28. The first-order valence-electron chi connectivity index (χ1n) is 5.32. The van der Waals surface area contributed by atoms with Gasteiger partial charge in [-0.3, -0.25) is 4.79 Å². The second kappa shape index (κ2) is 5.63. The molecule has 0 fully saturated rings. The Morgan fingerprint density at radius 2 is 2.12 bits per heavy atom. The second-order valence-corrected chi connectivity index (χ2v) is 4.63. The molecule has 4 nitrogen and oxygen atoms in total. The Morgan fingerprint density at radius 3 is 2.94 bits per heavy atom. The van der Waals surface area contributed by atoms with Gasteiger partial charge in [-0.05, 0) is 12.5 Å². The highest BCUT2D eigenvalue weighted by atomic mass is 32.2. The number of benzene rings is 1. The SMILES string of the molecule is O=C(O)CCCSc1ncnc2ccccc12. The van der Waals surface area contributed by atoms with Gasteiger partial charge in [-0.25, -0.2) is 9.97 Å². The molecule has 1 aromatic carbocycles. The number of aliphatic carboxylic acids is 1. The summed E-state index contributed by atoms with van der Waals surface area (Å²) in [6, 6.07) is 7.81. The van der Waals surface area contributed by atoms with Crippen molar-refractivity contribution in [3.8, 4) is 0 Å². The molecule has 2 aromatic rings. The Morgan fingerprint density at radius 1 is 1.29 bits per heavy atom. The van der Waals surface area contributed by atoms with Crippen LogP contribution < -0.4 is 0 Å². The predicted octanol–water partition coefficient (Wildman–Crippen LogP) is 2.59. The monoisotopic (exact) mass is 248 g/mol. The molecule has 17 heavy (non-hydrogen) atoms. The van der Waals surface area contributed by atoms with Crippen molar-refractivity contribution in [3.63, 3.8) is 0 Å². The summed E-state index contributed by atoms with van der Waals surface area (Å²) in [7, 11) is 0. The first-order chi connectivity index (χ1) is 8.27. The summed E-state index contributed by atoms with van der Waals surface area (Å²) in [6.07, 6.45) is 2.40. The van der Waals surface area contributed by atoms with Crippen LogP contribution in [0.5, 0.6) is 0 Å². The zero-order valence-corrected chi connectivity index (χ0v) is 9.98. The quantitative estimate of drug-likeness (QED) is 0.500. The van der Waals surface area contributed by atoms with Crippen molar-refractivity contribution < 1.29 is 9.90 Å². The fourth-order valence-corrected chi connectivity index (χ4v) is 2.42. The van der Waals surface area contributed by atoms with Gasteiger partial charge in [-0.2, -0.15) is 0 Å². The maximum atomic E-state index is 10.4. The van der Waals surface area contributed by atoms with Crippen LogP contribution in [0, 0.1) is 0 Å². The Hall–Kier alpha value is -1.62. The van der Waals surface area contributed by atoms with Crippen molar-refractivity contribution in [2.75, 3.05) is 5.75 Å². The van der Waals surface area contributed by atoms with Gasteiger partial charge in [0.05, 0.1) is 5.52 Å². The number of rotatable bonds is 5. The number of hydrogen-bond donors (Lipinski definition) is 1. The molecule has 0 unspecified atom stereocenters. The molecule has 0 amide bonds. The lowest BCUT2D eigenvalue weighted by Gasteiger charge is -2.03. The van der Waals surface area contributed by atoms with Gasteiger partial charge in [0.1, 0.15) is 11.4 Å². The van der Waals surface area contributed by atoms with Crippen molar-refractivity contribution in [2.45, 2.75) is 17.9 Å². The van der Waals surface area contributed by atoms with Gasteiger partial charge in [-0.1, -0.05) is 18.2 Å². The van der Waals surface area contributed by atoms with Crippen molar-refractivity contribution >= 4 is 28.6 Å². The number of fused-ring (bicyclic) bond motifs is 1. The Labute approximate surface area is 103 Å². The number of nitrogens with zero attached hydrogens (tertiary/aromatic N) is 2. The minimum Gasteiger partial charge on any atom is -0.481 e. The van der Waals surface area contributed by atoms with Crippen LogP contribution in [-0.2, 0) is 4.79 Å². The van der Waals surface area contributed by atoms with E-state index < -0.39 is 5.97 Å². The van der Waals surface area contributed by atoms with Gasteiger partial charge in [0.15, 0.2) is 0 Å². The summed E-state index contributed by atoms with van der Waals surface area (Å²) < 4.78 is 0. The molecule has 0 aliphatic rings. The molecule has 1 heterocycles. The van der Waals surface area contributed by atoms with Crippen LogP contribution in [0.3, 0.4) is 0 Å². The molecule has 0 aliphatic carbocycles. The standard InChI is InChI=1S/C12H12N2O2S/c15-11(16)6-3-7-17-12-9-4-1-2-5-10(9)13-8-14-12/h1-2,4-5,8H,3,6-7H2,(H,15,16). The highest BCUT2D eigenvalue weighted by Crippen LogP contribution is 2.24. The molecule has 0 radical (unpaired) electrons. The lowest BCUT2D eigenvalue weighted by atomic mass is 10.2. The lowest BCUT2D eigenvalue weighted by molar-refractivity contribution is -0.137. The molecule has 0 saturated heterocycles. The van der Waals surface area contributed by atoms with E-state index in [4.69, 9.17) is 5.11 Å². The topological polar surface area (TPSA) is 63.1 Å². The van der Waals surface area contributed by atoms with E-state index in [1.807, 2.05) is 24.3 Å². The Kier molecular flexibility index (Phi) is 3.93. The molecule has 1 aromatic heterocycles. The fourth-order valence-electron chi connectivity index (χ4n) is 1.49. The van der Waals surface area contributed by atoms with E-state index in [0.29, 0.717) is 6.42 Å². The molecule has 0 saturated carbocycles. The van der Waals surface area contributed by atoms with Crippen molar-refractivity contribution in [1.82, 2.24) is 9.97 Å². The summed E-state index contributed by atoms with van der Waals surface area (Å²) in [4.78, 5) is 18.8. The van der Waals surface area contributed by atoms with Gasteiger partial charge in [0, 0.05) is 17.6 Å². The molecule has 0 aliphatic heterocycles. The number of carbonyl (C=O) groups is 1. The third-order valence-corrected chi connectivity index (χ3v) is 3.37. The van der Waals surface area contributed by atoms with E-state index in [1.54, 1.807) is 18.1 Å². The van der Waals surface area contributed by atoms with E-state index in [0.717, 1.165) is 21.7 Å². The minimum absolute atomic E-state index is 0.204. The van der Waals surface area contributed by atoms with Crippen LogP contribution in [0.4, 0.5) is 0 Å². The molecular weight excluding hydrogens is 236 g/mol. The number of carboxylic acid groups (broad SMARTS) is 1. The third kappa shape index (κ3) is 3.17. The van der Waals surface area contributed by atoms with Gasteiger partial charge in [-0.15, -0.1) is 11.8 Å². The van der Waals surface area contributed by atoms with E-state index in [-0.39, 0.29) is 6.42 Å². The van der Waals surface area contributed by atoms with Crippen LogP contribution >= 0.6 is 11.8 Å². The summed E-state index contributed by atoms with van der Waals surface area (Å²) in [6.45, 7) is 0. The smallest absolute Gasteiger partial charge is 0.303 e. The first-order valence-corrected chi connectivity index (χ1v) is 6.30. The van der Waals surface area contributed by atoms with Crippen molar-refractivity contribution in [3.05, 3.63) is 30.6 Å². The average Bonchev–Trinajstić information content (AvgIpc) is 2.34. The van der Waals surface area contributed by atoms with Gasteiger partial charge >= 0.3 is 5.97 Å². The second-order valence-electron chi connectivity index (χ2n) is 3.54. The average molecular weight is 248 g/mol. The van der Waals surface area contributed by atoms with Crippen LogP contribution in [0.15, 0.2) is 35.6 Å². The first kappa shape index (κ1) is 11.9. The van der Waals surface area contributed by atoms with Crippen molar-refractivity contribution in [2.24, 2.45) is 0 Å². The summed E-state index contributed by atoms with van der Waals surface area (Å²) in [5.41, 5.74) is 0.920. The van der Waals surface area contributed by atoms with E-state index in [2.05, 4.69) is 9.97 Å². The number of para-hydroxylation sites is 1. The normalized spacial score (nSPS) is 10.6. The molecule has 5 heteroatoms. The van der Waals surface area contributed by atoms with E-state index in [9.17, 15) is 4.79 Å². The summed E-state index contributed by atoms with van der Waals surface area (Å²) in [5.74, 6) is 0.00553. The molecule has 0 atom stereocenters. The van der Waals surface area contributed by atoms with Crippen LogP contribution in [-0.4, -0.2) is 26.8 Å². The molecule has 2 rings (SSSR count). The van der Waals surface area contributed by atoms with Crippen molar-refractivity contribution in [1.29, 1.82) is 0 Å². The lowest BCUT2D eigenvalue weighted by Crippen LogP contribution is -1.95. The van der Waals surface area contributed by atoms with E-state index >= 15 is 0 Å². The number of aromatic nitrogens is 2. The minimum atomic E-state index is -0.752. The van der Waals surface area contributed by atoms with Crippen LogP contribution in [0.1, 0.15) is 12.8 Å². The highest BCUT2D eigenvalue weighted by molar-refractivity contribution is 7.99.